The molecule has 2 aliphatic heterocycles. The minimum atomic E-state index is -0.418. The van der Waals surface area contributed by atoms with E-state index >= 15 is 0 Å². The quantitative estimate of drug-likeness (QED) is 0.839. The summed E-state index contributed by atoms with van der Waals surface area (Å²) < 4.78 is 13.8. The largest absolute Gasteiger partial charge is 0.337 e. The van der Waals surface area contributed by atoms with Crippen LogP contribution in [0.15, 0.2) is 18.2 Å². The maximum atomic E-state index is 13.8. The molecule has 2 saturated heterocycles. The summed E-state index contributed by atoms with van der Waals surface area (Å²) in [6, 6.07) is 5.11. The molecule has 2 fully saturated rings. The van der Waals surface area contributed by atoms with Crippen molar-refractivity contribution in [2.75, 3.05) is 19.6 Å². The number of rotatable bonds is 1. The SMILES string of the molecule is Cc1ccc(F)c(C(=O)N2CC3CCCNC3C2)c1. The van der Waals surface area contributed by atoms with Gasteiger partial charge >= 0.3 is 0 Å². The van der Waals surface area contributed by atoms with Crippen LogP contribution in [0.25, 0.3) is 0 Å². The number of carbonyl (C=O) groups is 1. The number of piperidine rings is 1. The van der Waals surface area contributed by atoms with Crippen molar-refractivity contribution in [2.45, 2.75) is 25.8 Å². The monoisotopic (exact) mass is 262 g/mol. The molecule has 102 valence electrons. The molecule has 0 spiro atoms. The zero-order chi connectivity index (χ0) is 13.4. The van der Waals surface area contributed by atoms with Gasteiger partial charge in [0.1, 0.15) is 5.82 Å². The molecule has 0 aromatic heterocycles. The highest BCUT2D eigenvalue weighted by molar-refractivity contribution is 5.95. The number of likely N-dealkylation sites (tertiary alicyclic amines) is 1. The molecule has 2 heterocycles. The van der Waals surface area contributed by atoms with E-state index < -0.39 is 5.82 Å². The van der Waals surface area contributed by atoms with Crippen LogP contribution < -0.4 is 5.32 Å². The van der Waals surface area contributed by atoms with Crippen LogP contribution in [0.2, 0.25) is 0 Å². The van der Waals surface area contributed by atoms with Gasteiger partial charge < -0.3 is 10.2 Å². The molecule has 1 aromatic carbocycles. The van der Waals surface area contributed by atoms with Gasteiger partial charge in [-0.1, -0.05) is 11.6 Å². The van der Waals surface area contributed by atoms with E-state index in [0.29, 0.717) is 18.5 Å². The number of fused-ring (bicyclic) bond motifs is 1. The van der Waals surface area contributed by atoms with Crippen LogP contribution in [0, 0.1) is 18.7 Å². The van der Waals surface area contributed by atoms with Gasteiger partial charge in [0.05, 0.1) is 5.56 Å². The first-order valence-corrected chi connectivity index (χ1v) is 6.94. The first-order valence-electron chi connectivity index (χ1n) is 6.94. The highest BCUT2D eigenvalue weighted by Gasteiger charge is 2.37. The van der Waals surface area contributed by atoms with E-state index in [9.17, 15) is 9.18 Å². The molecule has 0 radical (unpaired) electrons. The lowest BCUT2D eigenvalue weighted by atomic mass is 9.94. The predicted molar refractivity (Wildman–Crippen MR) is 71.6 cm³/mol. The van der Waals surface area contributed by atoms with E-state index in [1.807, 2.05) is 6.92 Å². The van der Waals surface area contributed by atoms with Crippen molar-refractivity contribution < 1.29 is 9.18 Å². The Morgan fingerprint density at radius 3 is 3.05 bits per heavy atom. The van der Waals surface area contributed by atoms with Crippen LogP contribution in [0.3, 0.4) is 0 Å². The van der Waals surface area contributed by atoms with Gasteiger partial charge in [-0.05, 0) is 44.4 Å². The van der Waals surface area contributed by atoms with Crippen molar-refractivity contribution in [3.8, 4) is 0 Å². The van der Waals surface area contributed by atoms with E-state index in [0.717, 1.165) is 25.1 Å². The molecule has 2 aliphatic rings. The molecule has 3 nitrogen and oxygen atoms in total. The van der Waals surface area contributed by atoms with Gasteiger partial charge in [-0.25, -0.2) is 4.39 Å². The van der Waals surface area contributed by atoms with Crippen LogP contribution in [0.4, 0.5) is 4.39 Å². The Bertz CT molecular complexity index is 489. The van der Waals surface area contributed by atoms with Gasteiger partial charge in [0.25, 0.3) is 5.91 Å². The molecule has 0 aliphatic carbocycles. The third-order valence-corrected chi connectivity index (χ3v) is 4.24. The second-order valence-corrected chi connectivity index (χ2v) is 5.66. The fraction of sp³-hybridized carbons (Fsp3) is 0.533. The lowest BCUT2D eigenvalue weighted by Crippen LogP contribution is -2.41. The highest BCUT2D eigenvalue weighted by Crippen LogP contribution is 2.26. The Labute approximate surface area is 112 Å². The van der Waals surface area contributed by atoms with Gasteiger partial charge in [0.2, 0.25) is 0 Å². The topological polar surface area (TPSA) is 32.3 Å². The van der Waals surface area contributed by atoms with Crippen molar-refractivity contribution in [3.63, 3.8) is 0 Å². The second-order valence-electron chi connectivity index (χ2n) is 5.66. The van der Waals surface area contributed by atoms with Crippen molar-refractivity contribution in [1.29, 1.82) is 0 Å². The van der Waals surface area contributed by atoms with Gasteiger partial charge in [-0.2, -0.15) is 0 Å². The average Bonchev–Trinajstić information content (AvgIpc) is 2.84. The third kappa shape index (κ3) is 2.37. The molecule has 2 unspecified atom stereocenters. The molecule has 3 rings (SSSR count). The molecule has 19 heavy (non-hydrogen) atoms. The Kier molecular flexibility index (Phi) is 3.27. The Morgan fingerprint density at radius 2 is 2.26 bits per heavy atom. The first-order chi connectivity index (χ1) is 9.15. The van der Waals surface area contributed by atoms with Gasteiger partial charge in [0, 0.05) is 19.1 Å². The van der Waals surface area contributed by atoms with Gasteiger partial charge in [-0.3, -0.25) is 4.79 Å². The Morgan fingerprint density at radius 1 is 1.42 bits per heavy atom. The summed E-state index contributed by atoms with van der Waals surface area (Å²) in [5.41, 5.74) is 1.12. The van der Waals surface area contributed by atoms with E-state index in [1.54, 1.807) is 17.0 Å². The smallest absolute Gasteiger partial charge is 0.256 e. The van der Waals surface area contributed by atoms with E-state index in [-0.39, 0.29) is 11.5 Å². The minimum absolute atomic E-state index is 0.169. The van der Waals surface area contributed by atoms with Crippen LogP contribution in [-0.2, 0) is 0 Å². The minimum Gasteiger partial charge on any atom is -0.337 e. The fourth-order valence-electron chi connectivity index (χ4n) is 3.19. The second kappa shape index (κ2) is 4.93. The molecule has 0 saturated carbocycles. The number of nitrogens with zero attached hydrogens (tertiary/aromatic N) is 1. The summed E-state index contributed by atoms with van der Waals surface area (Å²) in [6.07, 6.45) is 2.33. The summed E-state index contributed by atoms with van der Waals surface area (Å²) in [5, 5.41) is 3.46. The third-order valence-electron chi connectivity index (χ3n) is 4.24. The molecule has 1 aromatic rings. The zero-order valence-electron chi connectivity index (χ0n) is 11.2. The number of carbonyl (C=O) groups excluding carboxylic acids is 1. The van der Waals surface area contributed by atoms with Crippen LogP contribution in [0.5, 0.6) is 0 Å². The molecular weight excluding hydrogens is 243 g/mol. The molecule has 4 heteroatoms. The molecule has 0 bridgehead atoms. The standard InChI is InChI=1S/C15H19FN2O/c1-10-4-5-13(16)12(7-10)15(19)18-8-11-3-2-6-17-14(11)9-18/h4-5,7,11,14,17H,2-3,6,8-9H2,1H3. The number of aryl methyl sites for hydroxylation is 1. The van der Waals surface area contributed by atoms with Crippen LogP contribution >= 0.6 is 0 Å². The van der Waals surface area contributed by atoms with E-state index in [1.165, 1.54) is 12.5 Å². The number of halogens is 1. The predicted octanol–water partition coefficient (Wildman–Crippen LogP) is 1.96. The highest BCUT2D eigenvalue weighted by atomic mass is 19.1. The maximum absolute atomic E-state index is 13.8. The van der Waals surface area contributed by atoms with Gasteiger partial charge in [0.15, 0.2) is 0 Å². The lowest BCUT2D eigenvalue weighted by Gasteiger charge is -2.24. The van der Waals surface area contributed by atoms with Gasteiger partial charge in [-0.15, -0.1) is 0 Å². The Balaban J connectivity index is 1.79. The van der Waals surface area contributed by atoms with Crippen molar-refractivity contribution in [1.82, 2.24) is 10.2 Å². The van der Waals surface area contributed by atoms with Crippen LogP contribution in [-0.4, -0.2) is 36.5 Å². The summed E-state index contributed by atoms with van der Waals surface area (Å²) in [5.74, 6) is -0.0543. The maximum Gasteiger partial charge on any atom is 0.256 e. The van der Waals surface area contributed by atoms with Crippen molar-refractivity contribution >= 4 is 5.91 Å². The fourth-order valence-corrected chi connectivity index (χ4v) is 3.19. The van der Waals surface area contributed by atoms with E-state index in [2.05, 4.69) is 5.32 Å². The van der Waals surface area contributed by atoms with Crippen molar-refractivity contribution in [2.24, 2.45) is 5.92 Å². The molecular formula is C15H19FN2O. The number of benzene rings is 1. The summed E-state index contributed by atoms with van der Waals surface area (Å²) in [7, 11) is 0. The summed E-state index contributed by atoms with van der Waals surface area (Å²) in [4.78, 5) is 14.2. The average molecular weight is 262 g/mol. The van der Waals surface area contributed by atoms with E-state index in [4.69, 9.17) is 0 Å². The number of hydrogen-bond donors (Lipinski definition) is 1. The molecule has 1 amide bonds. The number of hydrogen-bond acceptors (Lipinski definition) is 2. The van der Waals surface area contributed by atoms with Crippen LogP contribution in [0.1, 0.15) is 28.8 Å². The number of amides is 1. The zero-order valence-corrected chi connectivity index (χ0v) is 11.2. The van der Waals surface area contributed by atoms with Crippen molar-refractivity contribution in [3.05, 3.63) is 35.1 Å². The summed E-state index contributed by atoms with van der Waals surface area (Å²) in [6.45, 7) is 4.37. The molecule has 1 N–H and O–H groups in total. The number of nitrogens with one attached hydrogen (secondary N) is 1. The summed E-state index contributed by atoms with van der Waals surface area (Å²) >= 11 is 0. The first kappa shape index (κ1) is 12.6. The Hall–Kier alpha value is -1.42. The normalized spacial score (nSPS) is 26.3. The molecule has 2 atom stereocenters. The lowest BCUT2D eigenvalue weighted by molar-refractivity contribution is 0.0781.